The summed E-state index contributed by atoms with van der Waals surface area (Å²) in [6.07, 6.45) is -0.871. The van der Waals surface area contributed by atoms with Crippen LogP contribution < -0.4 is 28.4 Å². The molecule has 57 heavy (non-hydrogen) atoms. The molecule has 0 fully saturated rings. The molecular formula is C36H42O21. The quantitative estimate of drug-likeness (QED) is 0.0714. The van der Waals surface area contributed by atoms with Crippen LogP contribution in [-0.4, -0.2) is 145 Å². The first-order valence-electron chi connectivity index (χ1n) is 16.0. The van der Waals surface area contributed by atoms with Crippen LogP contribution in [0.25, 0.3) is 12.2 Å². The van der Waals surface area contributed by atoms with Crippen molar-refractivity contribution in [1.29, 1.82) is 0 Å². The number of carbonyl (C=O) groups excluding carboxylic acids is 3. The average molecular weight is 811 g/mol. The number of carboxylic acid groups (broad SMARTS) is 1. The van der Waals surface area contributed by atoms with Crippen LogP contribution in [0.1, 0.15) is 11.1 Å². The number of rotatable bonds is 15. The zero-order valence-electron chi connectivity index (χ0n) is 31.2. The molecule has 0 saturated heterocycles. The standard InChI is InChI=1S/C18H20O10.C12H14O5.C6H8O6/c1-24-11-7-13(26-3)12(25-2)6-9(11)4-5-14(20)27-8-10(19)17-15(21)16(22)18(23)28-17;1-15-9-7-11(17-3)10(16-2)6-8(9)4-5-12(13)14;7-1-2(8)5-3(9)4(10)6(11)12-5/h4-7,10,17,19,21-22H,8H2,1-3H3;4-7H,1-3H3,(H,13,14);2,5,7-10H,1H2/b2*5-4+;/t10-,17-;;2-,5-/m1.1/s1. The highest BCUT2D eigenvalue weighted by Gasteiger charge is 2.40. The highest BCUT2D eigenvalue weighted by atomic mass is 16.6. The van der Waals surface area contributed by atoms with Gasteiger partial charge in [0.05, 0.1) is 49.3 Å². The maximum absolute atomic E-state index is 11.9. The number of cyclic esters (lactones) is 2. The lowest BCUT2D eigenvalue weighted by molar-refractivity contribution is -0.152. The lowest BCUT2D eigenvalue weighted by Gasteiger charge is -2.16. The lowest BCUT2D eigenvalue weighted by atomic mass is 10.1. The van der Waals surface area contributed by atoms with Gasteiger partial charge in [0.2, 0.25) is 11.5 Å². The van der Waals surface area contributed by atoms with Crippen LogP contribution in [0, 0.1) is 0 Å². The van der Waals surface area contributed by atoms with Crippen LogP contribution in [0.15, 0.2) is 59.5 Å². The first-order valence-corrected chi connectivity index (χ1v) is 16.0. The molecule has 0 spiro atoms. The van der Waals surface area contributed by atoms with Crippen molar-refractivity contribution in [3.8, 4) is 34.5 Å². The Morgan fingerprint density at radius 1 is 0.632 bits per heavy atom. The van der Waals surface area contributed by atoms with Crippen LogP contribution in [0.3, 0.4) is 0 Å². The molecule has 21 nitrogen and oxygen atoms in total. The van der Waals surface area contributed by atoms with Crippen molar-refractivity contribution in [3.05, 3.63) is 70.6 Å². The molecule has 0 aliphatic carbocycles. The molecular weight excluding hydrogens is 768 g/mol. The Labute approximate surface area is 324 Å². The van der Waals surface area contributed by atoms with Gasteiger partial charge in [-0.3, -0.25) is 0 Å². The molecule has 0 aromatic heterocycles. The minimum atomic E-state index is -1.55. The number of methoxy groups -OCH3 is 6. The van der Waals surface area contributed by atoms with E-state index >= 15 is 0 Å². The van der Waals surface area contributed by atoms with E-state index in [4.69, 9.17) is 58.7 Å². The van der Waals surface area contributed by atoms with E-state index in [9.17, 15) is 34.5 Å². The zero-order chi connectivity index (χ0) is 43.0. The van der Waals surface area contributed by atoms with Crippen LogP contribution in [0.2, 0.25) is 0 Å². The van der Waals surface area contributed by atoms with E-state index in [1.807, 2.05) is 0 Å². The number of hydrogen-bond acceptors (Lipinski definition) is 20. The summed E-state index contributed by atoms with van der Waals surface area (Å²) in [5.41, 5.74) is 1.11. The van der Waals surface area contributed by atoms with Crippen molar-refractivity contribution in [2.75, 3.05) is 55.9 Å². The molecule has 4 atom stereocenters. The second-order valence-electron chi connectivity index (χ2n) is 11.0. The van der Waals surface area contributed by atoms with Crippen LogP contribution in [0.5, 0.6) is 34.5 Å². The van der Waals surface area contributed by atoms with E-state index in [2.05, 4.69) is 9.47 Å². The Morgan fingerprint density at radius 2 is 1.00 bits per heavy atom. The van der Waals surface area contributed by atoms with Gasteiger partial charge in [0.1, 0.15) is 30.3 Å². The fraction of sp³-hybridized carbons (Fsp3) is 0.333. The Morgan fingerprint density at radius 3 is 1.33 bits per heavy atom. The lowest BCUT2D eigenvalue weighted by Crippen LogP contribution is -2.33. The summed E-state index contributed by atoms with van der Waals surface area (Å²) in [5.74, 6) is -4.75. The zero-order valence-corrected chi connectivity index (χ0v) is 31.2. The molecule has 21 heteroatoms. The Balaban J connectivity index is 0.000000327. The fourth-order valence-corrected chi connectivity index (χ4v) is 4.54. The van der Waals surface area contributed by atoms with Gasteiger partial charge in [0.15, 0.2) is 46.7 Å². The topological polar surface area (TPSA) is 313 Å². The molecule has 2 aromatic carbocycles. The summed E-state index contributed by atoms with van der Waals surface area (Å²) >= 11 is 0. The average Bonchev–Trinajstić information content (AvgIpc) is 3.63. The number of benzene rings is 2. The third-order valence-corrected chi connectivity index (χ3v) is 7.44. The molecule has 312 valence electrons. The number of aliphatic carboxylic acids is 1. The summed E-state index contributed by atoms with van der Waals surface area (Å²) in [6.45, 7) is -1.25. The maximum Gasteiger partial charge on any atom is 0.377 e. The summed E-state index contributed by atoms with van der Waals surface area (Å²) in [6, 6.07) is 6.47. The van der Waals surface area contributed by atoms with Gasteiger partial charge >= 0.3 is 23.9 Å². The van der Waals surface area contributed by atoms with E-state index in [1.54, 1.807) is 24.3 Å². The highest BCUT2D eigenvalue weighted by Crippen LogP contribution is 2.36. The normalized spacial score (nSPS) is 17.1. The molecule has 0 radical (unpaired) electrons. The van der Waals surface area contributed by atoms with E-state index in [-0.39, 0.29) is 0 Å². The number of carboxylic acids is 1. The van der Waals surface area contributed by atoms with Crippen molar-refractivity contribution in [3.63, 3.8) is 0 Å². The van der Waals surface area contributed by atoms with Crippen LogP contribution in [0.4, 0.5) is 0 Å². The summed E-state index contributed by atoms with van der Waals surface area (Å²) in [5, 5.41) is 72.2. The molecule has 2 aliphatic heterocycles. The van der Waals surface area contributed by atoms with Crippen LogP contribution in [-0.2, 0) is 33.4 Å². The molecule has 2 aliphatic rings. The third-order valence-electron chi connectivity index (χ3n) is 7.44. The van der Waals surface area contributed by atoms with Crippen LogP contribution >= 0.6 is 0 Å². The molecule has 0 amide bonds. The summed E-state index contributed by atoms with van der Waals surface area (Å²) < 4.78 is 44.7. The number of hydrogen-bond donors (Lipinski definition) is 8. The minimum Gasteiger partial charge on any atom is -0.505 e. The van der Waals surface area contributed by atoms with E-state index in [0.29, 0.717) is 45.6 Å². The highest BCUT2D eigenvalue weighted by molar-refractivity contribution is 5.90. The van der Waals surface area contributed by atoms with Gasteiger partial charge in [-0.25, -0.2) is 19.2 Å². The van der Waals surface area contributed by atoms with E-state index in [1.165, 1.54) is 54.8 Å². The predicted molar refractivity (Wildman–Crippen MR) is 192 cm³/mol. The summed E-state index contributed by atoms with van der Waals surface area (Å²) in [7, 11) is 8.92. The monoisotopic (exact) mass is 810 g/mol. The number of carbonyl (C=O) groups is 4. The molecule has 0 bridgehead atoms. The smallest absolute Gasteiger partial charge is 0.377 e. The van der Waals surface area contributed by atoms with E-state index in [0.717, 1.165) is 12.2 Å². The van der Waals surface area contributed by atoms with Crippen molar-refractivity contribution in [2.45, 2.75) is 24.4 Å². The first-order chi connectivity index (χ1) is 27.0. The number of aliphatic hydroxyl groups excluding tert-OH is 7. The van der Waals surface area contributed by atoms with Crippen molar-refractivity contribution in [1.82, 2.24) is 0 Å². The maximum atomic E-state index is 11.9. The number of esters is 3. The molecule has 0 unspecified atom stereocenters. The van der Waals surface area contributed by atoms with Crippen molar-refractivity contribution >= 4 is 36.0 Å². The van der Waals surface area contributed by atoms with Gasteiger partial charge in [-0.15, -0.1) is 0 Å². The van der Waals surface area contributed by atoms with Crippen molar-refractivity contribution < 1.29 is 103 Å². The SMILES string of the molecule is COc1cc(OC)c(OC)cc1/C=C/C(=O)O.COc1cc(OC)c(OC)cc1/C=C/C(=O)OC[C@@H](O)[C@H]1OC(=O)C(O)=C1O.O=C1O[C@H]([C@H](O)CO)C(O)=C1O. The largest absolute Gasteiger partial charge is 0.505 e. The number of aliphatic hydroxyl groups is 7. The Hall–Kier alpha value is -6.84. The van der Waals surface area contributed by atoms with Gasteiger partial charge in [0.25, 0.3) is 0 Å². The molecule has 0 saturated carbocycles. The first kappa shape index (κ1) is 46.3. The third kappa shape index (κ3) is 12.3. The van der Waals surface area contributed by atoms with Gasteiger partial charge in [-0.05, 0) is 24.3 Å². The van der Waals surface area contributed by atoms with Gasteiger partial charge in [-0.2, -0.15) is 0 Å². The minimum absolute atomic E-state index is 0.421. The molecule has 2 heterocycles. The Kier molecular flexibility index (Phi) is 17.8. The second kappa shape index (κ2) is 21.9. The van der Waals surface area contributed by atoms with Gasteiger partial charge in [0, 0.05) is 35.4 Å². The molecule has 2 aromatic rings. The fourth-order valence-electron chi connectivity index (χ4n) is 4.54. The Bertz CT molecular complexity index is 1880. The van der Waals surface area contributed by atoms with Crippen molar-refractivity contribution in [2.24, 2.45) is 0 Å². The number of ether oxygens (including phenoxy) is 9. The van der Waals surface area contributed by atoms with Gasteiger partial charge in [-0.1, -0.05) is 0 Å². The predicted octanol–water partition coefficient (Wildman–Crippen LogP) is 1.29. The van der Waals surface area contributed by atoms with E-state index < -0.39 is 84.5 Å². The molecule has 8 N–H and O–H groups in total. The molecule has 4 rings (SSSR count). The van der Waals surface area contributed by atoms with Gasteiger partial charge < -0.3 is 83.5 Å². The second-order valence-corrected chi connectivity index (χ2v) is 11.0. The summed E-state index contributed by atoms with van der Waals surface area (Å²) in [4.78, 5) is 44.0.